The zero-order valence-corrected chi connectivity index (χ0v) is 12.0. The molecule has 0 bridgehead atoms. The van der Waals surface area contributed by atoms with Crippen molar-refractivity contribution >= 4 is 29.1 Å². The average Bonchev–Trinajstić information content (AvgIpc) is 2.76. The van der Waals surface area contributed by atoms with E-state index in [1.807, 2.05) is 0 Å². The number of carbonyl (C=O) groups excluding carboxylic acids is 2. The number of anilines is 1. The molecule has 2 aliphatic heterocycles. The number of carbonyl (C=O) groups is 2. The van der Waals surface area contributed by atoms with Crippen LogP contribution in [-0.4, -0.2) is 35.8 Å². The van der Waals surface area contributed by atoms with Crippen LogP contribution >= 0.6 is 11.6 Å². The summed E-state index contributed by atoms with van der Waals surface area (Å²) in [5.74, 6) is -0.288. The van der Waals surface area contributed by atoms with Crippen LogP contribution in [0.25, 0.3) is 0 Å². The number of halogens is 1. The van der Waals surface area contributed by atoms with Crippen molar-refractivity contribution in [3.63, 3.8) is 0 Å². The lowest BCUT2D eigenvalue weighted by molar-refractivity contribution is -0.123. The molecule has 1 aromatic carbocycles. The summed E-state index contributed by atoms with van der Waals surface area (Å²) in [6, 6.07) is 6.69. The number of rotatable bonds is 2. The van der Waals surface area contributed by atoms with Gasteiger partial charge in [0.1, 0.15) is 0 Å². The predicted molar refractivity (Wildman–Crippen MR) is 77.8 cm³/mol. The van der Waals surface area contributed by atoms with E-state index in [1.54, 1.807) is 24.3 Å². The van der Waals surface area contributed by atoms with Crippen molar-refractivity contribution in [1.29, 1.82) is 0 Å². The second-order valence-electron chi connectivity index (χ2n) is 5.34. The van der Waals surface area contributed by atoms with E-state index >= 15 is 0 Å². The summed E-state index contributed by atoms with van der Waals surface area (Å²) in [6.45, 7) is 1.81. The molecular formula is C15H17ClN2O2. The Morgan fingerprint density at radius 2 is 1.75 bits per heavy atom. The summed E-state index contributed by atoms with van der Waals surface area (Å²) in [5.41, 5.74) is 0.503. The highest BCUT2D eigenvalue weighted by Crippen LogP contribution is 2.31. The molecule has 2 amide bonds. The summed E-state index contributed by atoms with van der Waals surface area (Å²) in [6.07, 6.45) is 3.68. The lowest BCUT2D eigenvalue weighted by atomic mass is 10.1. The van der Waals surface area contributed by atoms with Crippen LogP contribution in [0, 0.1) is 0 Å². The van der Waals surface area contributed by atoms with E-state index < -0.39 is 0 Å². The zero-order chi connectivity index (χ0) is 14.1. The van der Waals surface area contributed by atoms with Gasteiger partial charge in [-0.05, 0) is 38.1 Å². The number of likely N-dealkylation sites (tertiary alicyclic amines) is 1. The van der Waals surface area contributed by atoms with Crippen LogP contribution in [0.3, 0.4) is 0 Å². The minimum Gasteiger partial charge on any atom is -0.292 e. The topological polar surface area (TPSA) is 40.6 Å². The molecule has 2 heterocycles. The van der Waals surface area contributed by atoms with Gasteiger partial charge in [-0.15, -0.1) is 0 Å². The lowest BCUT2D eigenvalue weighted by Crippen LogP contribution is -2.44. The number of amides is 2. The maximum absolute atomic E-state index is 12.6. The largest absolute Gasteiger partial charge is 0.292 e. The number of nitrogens with zero attached hydrogens (tertiary/aromatic N) is 2. The Balaban J connectivity index is 1.85. The summed E-state index contributed by atoms with van der Waals surface area (Å²) >= 11 is 6.11. The number of para-hydroxylation sites is 1. The van der Waals surface area contributed by atoms with Crippen molar-refractivity contribution in [2.24, 2.45) is 0 Å². The molecule has 1 aromatic rings. The van der Waals surface area contributed by atoms with Gasteiger partial charge in [0.05, 0.1) is 23.2 Å². The van der Waals surface area contributed by atoms with Gasteiger partial charge in [-0.1, -0.05) is 30.2 Å². The molecule has 0 saturated carbocycles. The summed E-state index contributed by atoms with van der Waals surface area (Å²) in [5, 5.41) is 0.438. The van der Waals surface area contributed by atoms with Gasteiger partial charge >= 0.3 is 0 Å². The highest BCUT2D eigenvalue weighted by atomic mass is 35.5. The van der Waals surface area contributed by atoms with Gasteiger partial charge in [0.25, 0.3) is 5.91 Å². The van der Waals surface area contributed by atoms with E-state index in [9.17, 15) is 9.59 Å². The zero-order valence-electron chi connectivity index (χ0n) is 11.2. The third kappa shape index (κ3) is 2.34. The van der Waals surface area contributed by atoms with Gasteiger partial charge in [-0.3, -0.25) is 14.5 Å². The molecule has 4 nitrogen and oxygen atoms in total. The monoisotopic (exact) mass is 292 g/mol. The molecule has 3 rings (SSSR count). The molecule has 1 atom stereocenters. The Hall–Kier alpha value is -1.39. The first-order valence-electron chi connectivity index (χ1n) is 7.04. The first-order chi connectivity index (χ1) is 9.68. The van der Waals surface area contributed by atoms with E-state index in [0.717, 1.165) is 25.9 Å². The highest BCUT2D eigenvalue weighted by Gasteiger charge is 2.43. The number of hydrogen-bond acceptors (Lipinski definition) is 3. The van der Waals surface area contributed by atoms with Gasteiger partial charge in [0, 0.05) is 0 Å². The van der Waals surface area contributed by atoms with Gasteiger partial charge in [-0.2, -0.15) is 0 Å². The van der Waals surface area contributed by atoms with Crippen LogP contribution in [0.5, 0.6) is 0 Å². The van der Waals surface area contributed by atoms with Crippen molar-refractivity contribution in [3.8, 4) is 0 Å². The van der Waals surface area contributed by atoms with E-state index in [4.69, 9.17) is 11.6 Å². The molecular weight excluding hydrogens is 276 g/mol. The SMILES string of the molecule is O=C1C[C@H](N2CCCCC2)C(=O)N1c1ccccc1Cl. The van der Waals surface area contributed by atoms with E-state index in [-0.39, 0.29) is 24.3 Å². The maximum atomic E-state index is 12.6. The molecule has 106 valence electrons. The number of hydrogen-bond donors (Lipinski definition) is 0. The van der Waals surface area contributed by atoms with E-state index in [2.05, 4.69) is 4.90 Å². The highest BCUT2D eigenvalue weighted by molar-refractivity contribution is 6.36. The van der Waals surface area contributed by atoms with E-state index in [1.165, 1.54) is 11.3 Å². The molecule has 0 spiro atoms. The Labute approximate surface area is 123 Å². The number of benzene rings is 1. The van der Waals surface area contributed by atoms with Crippen LogP contribution < -0.4 is 4.90 Å². The molecule has 0 N–H and O–H groups in total. The van der Waals surface area contributed by atoms with Crippen molar-refractivity contribution < 1.29 is 9.59 Å². The second-order valence-corrected chi connectivity index (χ2v) is 5.74. The Kier molecular flexibility index (Phi) is 3.76. The lowest BCUT2D eigenvalue weighted by Gasteiger charge is -2.30. The summed E-state index contributed by atoms with van der Waals surface area (Å²) in [7, 11) is 0. The van der Waals surface area contributed by atoms with Gasteiger partial charge in [0.15, 0.2) is 0 Å². The first kappa shape index (κ1) is 13.6. The minimum atomic E-state index is -0.306. The smallest absolute Gasteiger partial charge is 0.251 e. The standard InChI is InChI=1S/C15H17ClN2O2/c16-11-6-2-3-7-12(11)18-14(19)10-13(15(18)20)17-8-4-1-5-9-17/h2-3,6-7,13H,1,4-5,8-10H2/t13-/m0/s1. The second kappa shape index (κ2) is 5.54. The molecule has 0 unspecified atom stereocenters. The molecule has 0 aromatic heterocycles. The summed E-state index contributed by atoms with van der Waals surface area (Å²) in [4.78, 5) is 28.2. The van der Waals surface area contributed by atoms with Crippen LogP contribution in [-0.2, 0) is 9.59 Å². The van der Waals surface area contributed by atoms with Crippen molar-refractivity contribution in [1.82, 2.24) is 4.90 Å². The Morgan fingerprint density at radius 3 is 2.45 bits per heavy atom. The molecule has 20 heavy (non-hydrogen) atoms. The molecule has 5 heteroatoms. The molecule has 2 fully saturated rings. The predicted octanol–water partition coefficient (Wildman–Crippen LogP) is 2.46. The van der Waals surface area contributed by atoms with Crippen LogP contribution in [0.1, 0.15) is 25.7 Å². The normalized spacial score (nSPS) is 24.4. The van der Waals surface area contributed by atoms with Gasteiger partial charge < -0.3 is 0 Å². The van der Waals surface area contributed by atoms with Crippen LogP contribution in [0.4, 0.5) is 5.69 Å². The van der Waals surface area contributed by atoms with Gasteiger partial charge in [-0.25, -0.2) is 4.90 Å². The van der Waals surface area contributed by atoms with Crippen LogP contribution in [0.2, 0.25) is 5.02 Å². The molecule has 2 saturated heterocycles. The number of piperidine rings is 1. The fourth-order valence-corrected chi connectivity index (χ4v) is 3.24. The third-order valence-electron chi connectivity index (χ3n) is 4.05. The average molecular weight is 293 g/mol. The quantitative estimate of drug-likeness (QED) is 0.786. The number of imide groups is 1. The molecule has 0 radical (unpaired) electrons. The van der Waals surface area contributed by atoms with Gasteiger partial charge in [0.2, 0.25) is 5.91 Å². The molecule has 2 aliphatic rings. The third-order valence-corrected chi connectivity index (χ3v) is 4.37. The fourth-order valence-electron chi connectivity index (χ4n) is 3.02. The van der Waals surface area contributed by atoms with Crippen molar-refractivity contribution in [2.45, 2.75) is 31.7 Å². The Morgan fingerprint density at radius 1 is 1.05 bits per heavy atom. The molecule has 0 aliphatic carbocycles. The fraction of sp³-hybridized carbons (Fsp3) is 0.467. The Bertz CT molecular complexity index is 540. The van der Waals surface area contributed by atoms with E-state index in [0.29, 0.717) is 10.7 Å². The minimum absolute atomic E-state index is 0.134. The maximum Gasteiger partial charge on any atom is 0.251 e. The first-order valence-corrected chi connectivity index (χ1v) is 7.41. The van der Waals surface area contributed by atoms with Crippen LogP contribution in [0.15, 0.2) is 24.3 Å². The summed E-state index contributed by atoms with van der Waals surface area (Å²) < 4.78 is 0. The van der Waals surface area contributed by atoms with Crippen molar-refractivity contribution in [3.05, 3.63) is 29.3 Å². The van der Waals surface area contributed by atoms with Crippen molar-refractivity contribution in [2.75, 3.05) is 18.0 Å².